The summed E-state index contributed by atoms with van der Waals surface area (Å²) in [5.41, 5.74) is 5.69. The SMILES string of the molecule is CCc1n[nH]c(=O)c2ccc(-c3cnn(C)c3-c3ccc(C)nc3)cc12. The smallest absolute Gasteiger partial charge is 0.267 e. The lowest BCUT2D eigenvalue weighted by atomic mass is 9.99. The number of aromatic nitrogens is 5. The van der Waals surface area contributed by atoms with Crippen molar-refractivity contribution >= 4 is 10.8 Å². The number of hydrogen-bond acceptors (Lipinski definition) is 4. The Morgan fingerprint density at radius 3 is 2.62 bits per heavy atom. The Morgan fingerprint density at radius 1 is 1.08 bits per heavy atom. The molecule has 1 aromatic carbocycles. The van der Waals surface area contributed by atoms with Crippen molar-refractivity contribution in [2.24, 2.45) is 7.05 Å². The van der Waals surface area contributed by atoms with Gasteiger partial charge in [0.1, 0.15) is 0 Å². The monoisotopic (exact) mass is 345 g/mol. The van der Waals surface area contributed by atoms with E-state index in [2.05, 4.69) is 20.3 Å². The molecule has 0 radical (unpaired) electrons. The van der Waals surface area contributed by atoms with Crippen LogP contribution in [0.2, 0.25) is 0 Å². The van der Waals surface area contributed by atoms with Crippen LogP contribution in [0, 0.1) is 6.92 Å². The number of rotatable bonds is 3. The van der Waals surface area contributed by atoms with E-state index in [-0.39, 0.29) is 5.56 Å². The van der Waals surface area contributed by atoms with Gasteiger partial charge in [0.25, 0.3) is 5.56 Å². The van der Waals surface area contributed by atoms with E-state index in [4.69, 9.17) is 0 Å². The van der Waals surface area contributed by atoms with Gasteiger partial charge in [0.2, 0.25) is 0 Å². The zero-order valence-electron chi connectivity index (χ0n) is 14.9. The molecule has 26 heavy (non-hydrogen) atoms. The van der Waals surface area contributed by atoms with Gasteiger partial charge >= 0.3 is 0 Å². The lowest BCUT2D eigenvalue weighted by molar-refractivity contribution is 0.775. The summed E-state index contributed by atoms with van der Waals surface area (Å²) in [4.78, 5) is 16.5. The molecule has 0 spiro atoms. The van der Waals surface area contributed by atoms with Gasteiger partial charge in [-0.1, -0.05) is 13.0 Å². The first kappa shape index (κ1) is 16.2. The largest absolute Gasteiger partial charge is 0.272 e. The zero-order valence-corrected chi connectivity index (χ0v) is 14.9. The molecule has 0 aliphatic rings. The fourth-order valence-electron chi connectivity index (χ4n) is 3.26. The number of nitrogens with zero attached hydrogens (tertiary/aromatic N) is 4. The van der Waals surface area contributed by atoms with Crippen LogP contribution in [-0.4, -0.2) is 25.0 Å². The van der Waals surface area contributed by atoms with E-state index in [1.165, 1.54) is 0 Å². The third-order valence-corrected chi connectivity index (χ3v) is 4.64. The molecular weight excluding hydrogens is 326 g/mol. The van der Waals surface area contributed by atoms with Crippen molar-refractivity contribution < 1.29 is 0 Å². The zero-order chi connectivity index (χ0) is 18.3. The number of hydrogen-bond donors (Lipinski definition) is 1. The Balaban J connectivity index is 1.94. The van der Waals surface area contributed by atoms with Gasteiger partial charge in [0.05, 0.1) is 23.0 Å². The second kappa shape index (κ2) is 6.22. The first-order valence-corrected chi connectivity index (χ1v) is 8.55. The van der Waals surface area contributed by atoms with Gasteiger partial charge in [0, 0.05) is 35.5 Å². The third kappa shape index (κ3) is 2.60. The second-order valence-corrected chi connectivity index (χ2v) is 6.33. The average Bonchev–Trinajstić information content (AvgIpc) is 3.04. The van der Waals surface area contributed by atoms with Gasteiger partial charge in [-0.3, -0.25) is 14.5 Å². The van der Waals surface area contributed by atoms with E-state index < -0.39 is 0 Å². The highest BCUT2D eigenvalue weighted by atomic mass is 16.1. The molecule has 0 saturated heterocycles. The maximum absolute atomic E-state index is 12.1. The summed E-state index contributed by atoms with van der Waals surface area (Å²) in [5, 5.41) is 12.7. The lowest BCUT2D eigenvalue weighted by Gasteiger charge is -2.09. The van der Waals surface area contributed by atoms with Crippen molar-refractivity contribution in [2.45, 2.75) is 20.3 Å². The minimum Gasteiger partial charge on any atom is -0.267 e. The van der Waals surface area contributed by atoms with Gasteiger partial charge in [-0.25, -0.2) is 5.10 Å². The van der Waals surface area contributed by atoms with Crippen LogP contribution in [0.15, 0.2) is 47.5 Å². The average molecular weight is 345 g/mol. The molecule has 3 heterocycles. The summed E-state index contributed by atoms with van der Waals surface area (Å²) < 4.78 is 1.85. The van der Waals surface area contributed by atoms with Crippen molar-refractivity contribution in [1.82, 2.24) is 25.0 Å². The first-order chi connectivity index (χ1) is 12.6. The maximum atomic E-state index is 12.1. The molecule has 130 valence electrons. The predicted molar refractivity (Wildman–Crippen MR) is 102 cm³/mol. The van der Waals surface area contributed by atoms with Gasteiger partial charge in [-0.05, 0) is 43.2 Å². The molecule has 0 amide bonds. The molecule has 0 aliphatic carbocycles. The molecule has 0 aliphatic heterocycles. The highest BCUT2D eigenvalue weighted by Gasteiger charge is 2.15. The molecule has 6 nitrogen and oxygen atoms in total. The lowest BCUT2D eigenvalue weighted by Crippen LogP contribution is -2.10. The molecule has 6 heteroatoms. The molecule has 0 fully saturated rings. The van der Waals surface area contributed by atoms with E-state index in [0.717, 1.165) is 45.6 Å². The number of fused-ring (bicyclic) bond motifs is 1. The Kier molecular flexibility index (Phi) is 3.88. The highest BCUT2D eigenvalue weighted by Crippen LogP contribution is 2.33. The molecule has 0 bridgehead atoms. The molecule has 0 atom stereocenters. The van der Waals surface area contributed by atoms with Crippen molar-refractivity contribution in [3.8, 4) is 22.4 Å². The van der Waals surface area contributed by atoms with Crippen LogP contribution in [0.5, 0.6) is 0 Å². The van der Waals surface area contributed by atoms with Crippen LogP contribution in [0.3, 0.4) is 0 Å². The van der Waals surface area contributed by atoms with Gasteiger partial charge in [-0.15, -0.1) is 0 Å². The topological polar surface area (TPSA) is 76.5 Å². The van der Waals surface area contributed by atoms with Crippen molar-refractivity contribution in [3.63, 3.8) is 0 Å². The fourth-order valence-corrected chi connectivity index (χ4v) is 3.26. The van der Waals surface area contributed by atoms with Gasteiger partial charge in [0.15, 0.2) is 0 Å². The maximum Gasteiger partial charge on any atom is 0.272 e. The summed E-state index contributed by atoms with van der Waals surface area (Å²) in [6.45, 7) is 3.99. The first-order valence-electron chi connectivity index (χ1n) is 8.55. The van der Waals surface area contributed by atoms with E-state index in [1.807, 2.05) is 68.3 Å². The number of benzene rings is 1. The summed E-state index contributed by atoms with van der Waals surface area (Å²) in [7, 11) is 1.92. The summed E-state index contributed by atoms with van der Waals surface area (Å²) in [6.07, 6.45) is 4.46. The minimum absolute atomic E-state index is 0.169. The van der Waals surface area contributed by atoms with Crippen LogP contribution in [0.4, 0.5) is 0 Å². The number of aryl methyl sites for hydroxylation is 3. The van der Waals surface area contributed by atoms with Crippen LogP contribution >= 0.6 is 0 Å². The standard InChI is InChI=1S/C20H19N5O/c1-4-18-16-9-13(7-8-15(16)20(26)24-23-18)17-11-22-25(3)19(17)14-6-5-12(2)21-10-14/h5-11H,4H2,1-3H3,(H,24,26). The Morgan fingerprint density at radius 2 is 1.88 bits per heavy atom. The number of pyridine rings is 1. The molecule has 3 aromatic heterocycles. The van der Waals surface area contributed by atoms with Gasteiger partial charge < -0.3 is 0 Å². The molecule has 4 rings (SSSR count). The van der Waals surface area contributed by atoms with Crippen molar-refractivity contribution in [3.05, 3.63) is 64.5 Å². The van der Waals surface area contributed by atoms with E-state index in [1.54, 1.807) is 0 Å². The molecule has 1 N–H and O–H groups in total. The van der Waals surface area contributed by atoms with Crippen LogP contribution in [0.1, 0.15) is 18.3 Å². The van der Waals surface area contributed by atoms with Crippen LogP contribution in [0.25, 0.3) is 33.2 Å². The van der Waals surface area contributed by atoms with Crippen LogP contribution in [-0.2, 0) is 13.5 Å². The summed E-state index contributed by atoms with van der Waals surface area (Å²) >= 11 is 0. The number of H-pyrrole nitrogens is 1. The normalized spacial score (nSPS) is 11.2. The Hall–Kier alpha value is -3.28. The molecular formula is C20H19N5O. The predicted octanol–water partition coefficient (Wildman–Crippen LogP) is 3.26. The van der Waals surface area contributed by atoms with Crippen molar-refractivity contribution in [2.75, 3.05) is 0 Å². The molecule has 0 unspecified atom stereocenters. The van der Waals surface area contributed by atoms with E-state index in [0.29, 0.717) is 5.39 Å². The van der Waals surface area contributed by atoms with Crippen LogP contribution < -0.4 is 5.56 Å². The molecule has 4 aromatic rings. The minimum atomic E-state index is -0.169. The molecule has 0 saturated carbocycles. The second-order valence-electron chi connectivity index (χ2n) is 6.33. The third-order valence-electron chi connectivity index (χ3n) is 4.64. The summed E-state index contributed by atoms with van der Waals surface area (Å²) in [5.74, 6) is 0. The summed E-state index contributed by atoms with van der Waals surface area (Å²) in [6, 6.07) is 9.88. The Labute approximate surface area is 150 Å². The van der Waals surface area contributed by atoms with E-state index in [9.17, 15) is 4.79 Å². The number of nitrogens with one attached hydrogen (secondary N) is 1. The van der Waals surface area contributed by atoms with Gasteiger partial charge in [-0.2, -0.15) is 10.2 Å². The quantitative estimate of drug-likeness (QED) is 0.618. The fraction of sp³-hybridized carbons (Fsp3) is 0.200. The van der Waals surface area contributed by atoms with E-state index >= 15 is 0 Å². The Bertz CT molecular complexity index is 1160. The van der Waals surface area contributed by atoms with Crippen molar-refractivity contribution in [1.29, 1.82) is 0 Å². The highest BCUT2D eigenvalue weighted by molar-refractivity contribution is 5.91. The number of aromatic amines is 1.